The fourth-order valence-corrected chi connectivity index (χ4v) is 2.45. The molecule has 0 radical (unpaired) electrons. The lowest BCUT2D eigenvalue weighted by Gasteiger charge is -2.07. The average molecular weight is 259 g/mol. The standard InChI is InChI=1S/C10H7ClO4S/c11-8-5-9(16(13,14)15)10(12)7-4-2-1-3-6(7)8/h1-5,12H,(H,13,14,15). The van der Waals surface area contributed by atoms with Gasteiger partial charge in [-0.1, -0.05) is 35.9 Å². The Morgan fingerprint density at radius 1 is 1.12 bits per heavy atom. The number of phenolic OH excluding ortho intramolecular Hbond substituents is 1. The third-order valence-electron chi connectivity index (χ3n) is 2.21. The van der Waals surface area contributed by atoms with E-state index in [9.17, 15) is 13.5 Å². The second-order valence-electron chi connectivity index (χ2n) is 3.23. The Morgan fingerprint density at radius 2 is 1.69 bits per heavy atom. The van der Waals surface area contributed by atoms with Crippen LogP contribution in [-0.2, 0) is 10.1 Å². The van der Waals surface area contributed by atoms with Crippen LogP contribution in [0.3, 0.4) is 0 Å². The van der Waals surface area contributed by atoms with Crippen molar-refractivity contribution in [1.82, 2.24) is 0 Å². The maximum atomic E-state index is 11.0. The first-order chi connectivity index (χ1) is 7.41. The highest BCUT2D eigenvalue weighted by atomic mass is 35.5. The van der Waals surface area contributed by atoms with Gasteiger partial charge in [-0.25, -0.2) is 0 Å². The van der Waals surface area contributed by atoms with Crippen LogP contribution in [0.25, 0.3) is 10.8 Å². The summed E-state index contributed by atoms with van der Waals surface area (Å²) in [6.45, 7) is 0. The maximum Gasteiger partial charge on any atom is 0.298 e. The molecule has 0 aliphatic heterocycles. The molecular weight excluding hydrogens is 252 g/mol. The van der Waals surface area contributed by atoms with Crippen molar-refractivity contribution in [1.29, 1.82) is 0 Å². The molecule has 0 heterocycles. The van der Waals surface area contributed by atoms with E-state index in [1.807, 2.05) is 0 Å². The summed E-state index contributed by atoms with van der Waals surface area (Å²) in [5, 5.41) is 10.7. The first-order valence-electron chi connectivity index (χ1n) is 4.29. The molecule has 0 fully saturated rings. The molecule has 84 valence electrons. The zero-order valence-corrected chi connectivity index (χ0v) is 9.46. The number of rotatable bonds is 1. The molecule has 16 heavy (non-hydrogen) atoms. The van der Waals surface area contributed by atoms with Gasteiger partial charge in [-0.3, -0.25) is 4.55 Å². The fraction of sp³-hybridized carbons (Fsp3) is 0. The van der Waals surface area contributed by atoms with Gasteiger partial charge in [0.1, 0.15) is 10.6 Å². The Balaban J connectivity index is 2.97. The number of halogens is 1. The molecule has 2 aromatic rings. The number of hydrogen-bond donors (Lipinski definition) is 2. The SMILES string of the molecule is O=S(=O)(O)c1cc(Cl)c2ccccc2c1O. The zero-order chi connectivity index (χ0) is 11.9. The number of phenols is 1. The molecule has 0 amide bonds. The van der Waals surface area contributed by atoms with Crippen molar-refractivity contribution < 1.29 is 18.1 Å². The fourth-order valence-electron chi connectivity index (χ4n) is 1.49. The summed E-state index contributed by atoms with van der Waals surface area (Å²) >= 11 is 5.85. The minimum atomic E-state index is -4.48. The lowest BCUT2D eigenvalue weighted by atomic mass is 10.1. The van der Waals surface area contributed by atoms with Gasteiger partial charge in [-0.2, -0.15) is 8.42 Å². The van der Waals surface area contributed by atoms with Crippen LogP contribution in [0.4, 0.5) is 0 Å². The van der Waals surface area contributed by atoms with Crippen molar-refractivity contribution in [2.45, 2.75) is 4.90 Å². The summed E-state index contributed by atoms with van der Waals surface area (Å²) in [6.07, 6.45) is 0. The molecule has 0 aliphatic carbocycles. The van der Waals surface area contributed by atoms with E-state index in [2.05, 4.69) is 0 Å². The van der Waals surface area contributed by atoms with Gasteiger partial charge in [0.2, 0.25) is 0 Å². The van der Waals surface area contributed by atoms with Crippen molar-refractivity contribution >= 4 is 32.5 Å². The monoisotopic (exact) mass is 258 g/mol. The number of benzene rings is 2. The van der Waals surface area contributed by atoms with Gasteiger partial charge in [-0.05, 0) is 6.07 Å². The molecule has 2 N–H and O–H groups in total. The molecule has 0 bridgehead atoms. The number of aromatic hydroxyl groups is 1. The normalized spacial score (nSPS) is 11.9. The van der Waals surface area contributed by atoms with Gasteiger partial charge in [0.25, 0.3) is 10.1 Å². The van der Waals surface area contributed by atoms with Crippen LogP contribution in [-0.4, -0.2) is 18.1 Å². The quantitative estimate of drug-likeness (QED) is 0.771. The minimum Gasteiger partial charge on any atom is -0.506 e. The van der Waals surface area contributed by atoms with Gasteiger partial charge in [0.15, 0.2) is 0 Å². The predicted molar refractivity (Wildman–Crippen MR) is 60.4 cm³/mol. The van der Waals surface area contributed by atoms with Gasteiger partial charge in [0.05, 0.1) is 5.02 Å². The largest absolute Gasteiger partial charge is 0.506 e. The molecule has 0 spiro atoms. The summed E-state index contributed by atoms with van der Waals surface area (Å²) in [5.74, 6) is -0.498. The molecule has 4 nitrogen and oxygen atoms in total. The van der Waals surface area contributed by atoms with E-state index < -0.39 is 20.8 Å². The maximum absolute atomic E-state index is 11.0. The molecule has 0 unspecified atom stereocenters. The second-order valence-corrected chi connectivity index (χ2v) is 5.02. The second kappa shape index (κ2) is 3.62. The molecule has 0 atom stereocenters. The number of fused-ring (bicyclic) bond motifs is 1. The molecular formula is C10H7ClO4S. The smallest absolute Gasteiger partial charge is 0.298 e. The molecule has 0 saturated carbocycles. The van der Waals surface area contributed by atoms with E-state index in [1.165, 1.54) is 6.07 Å². The van der Waals surface area contributed by atoms with Crippen LogP contribution >= 0.6 is 11.6 Å². The van der Waals surface area contributed by atoms with E-state index in [0.29, 0.717) is 5.39 Å². The van der Waals surface area contributed by atoms with Crippen molar-refractivity contribution in [2.24, 2.45) is 0 Å². The Morgan fingerprint density at radius 3 is 2.25 bits per heavy atom. The van der Waals surface area contributed by atoms with Gasteiger partial charge in [0, 0.05) is 10.8 Å². The van der Waals surface area contributed by atoms with Crippen LogP contribution < -0.4 is 0 Å². The summed E-state index contributed by atoms with van der Waals surface area (Å²) < 4.78 is 30.9. The summed E-state index contributed by atoms with van der Waals surface area (Å²) in [7, 11) is -4.48. The Bertz CT molecular complexity index is 664. The molecule has 0 aromatic heterocycles. The molecule has 6 heteroatoms. The van der Waals surface area contributed by atoms with Gasteiger partial charge < -0.3 is 5.11 Å². The van der Waals surface area contributed by atoms with E-state index >= 15 is 0 Å². The average Bonchev–Trinajstić information content (AvgIpc) is 2.22. The lowest BCUT2D eigenvalue weighted by Crippen LogP contribution is -1.99. The number of hydrogen-bond acceptors (Lipinski definition) is 3. The third kappa shape index (κ3) is 1.73. The predicted octanol–water partition coefficient (Wildman–Crippen LogP) is 2.45. The van der Waals surface area contributed by atoms with Crippen LogP contribution in [0.5, 0.6) is 5.75 Å². The van der Waals surface area contributed by atoms with Crippen molar-refractivity contribution in [3.63, 3.8) is 0 Å². The molecule has 2 rings (SSSR count). The van der Waals surface area contributed by atoms with Crippen molar-refractivity contribution in [3.8, 4) is 5.75 Å². The van der Waals surface area contributed by atoms with Crippen molar-refractivity contribution in [3.05, 3.63) is 35.4 Å². The van der Waals surface area contributed by atoms with Crippen LogP contribution in [0.2, 0.25) is 5.02 Å². The highest BCUT2D eigenvalue weighted by Gasteiger charge is 2.19. The Labute approximate surface area is 96.8 Å². The van der Waals surface area contributed by atoms with Gasteiger partial charge >= 0.3 is 0 Å². The minimum absolute atomic E-state index is 0.154. The third-order valence-corrected chi connectivity index (χ3v) is 3.39. The van der Waals surface area contributed by atoms with E-state index in [1.54, 1.807) is 18.2 Å². The molecule has 0 aliphatic rings. The molecule has 0 saturated heterocycles. The van der Waals surface area contributed by atoms with E-state index in [4.69, 9.17) is 16.2 Å². The van der Waals surface area contributed by atoms with E-state index in [0.717, 1.165) is 6.07 Å². The summed E-state index contributed by atoms with van der Waals surface area (Å²) in [5.41, 5.74) is 0. The first kappa shape index (κ1) is 11.2. The highest BCUT2D eigenvalue weighted by Crippen LogP contribution is 2.36. The highest BCUT2D eigenvalue weighted by molar-refractivity contribution is 7.86. The van der Waals surface area contributed by atoms with Gasteiger partial charge in [-0.15, -0.1) is 0 Å². The molecule has 2 aromatic carbocycles. The van der Waals surface area contributed by atoms with Crippen LogP contribution in [0.15, 0.2) is 35.2 Å². The van der Waals surface area contributed by atoms with E-state index in [-0.39, 0.29) is 10.4 Å². The first-order valence-corrected chi connectivity index (χ1v) is 6.11. The summed E-state index contributed by atoms with van der Waals surface area (Å²) in [4.78, 5) is -0.587. The summed E-state index contributed by atoms with van der Waals surface area (Å²) in [6, 6.07) is 7.53. The Kier molecular flexibility index (Phi) is 2.53. The lowest BCUT2D eigenvalue weighted by molar-refractivity contribution is 0.448. The van der Waals surface area contributed by atoms with Crippen LogP contribution in [0, 0.1) is 0 Å². The Hall–Kier alpha value is -1.30. The van der Waals surface area contributed by atoms with Crippen molar-refractivity contribution in [2.75, 3.05) is 0 Å². The topological polar surface area (TPSA) is 74.6 Å². The zero-order valence-electron chi connectivity index (χ0n) is 7.88. The van der Waals surface area contributed by atoms with Crippen LogP contribution in [0.1, 0.15) is 0 Å².